The second kappa shape index (κ2) is 6.19. The molecule has 0 saturated carbocycles. The number of aromatic nitrogens is 2. The molecule has 2 N–H and O–H groups in total. The van der Waals surface area contributed by atoms with Gasteiger partial charge in [-0.3, -0.25) is 4.79 Å². The Morgan fingerprint density at radius 3 is 2.78 bits per heavy atom. The fourth-order valence-corrected chi connectivity index (χ4v) is 2.10. The highest BCUT2D eigenvalue weighted by Gasteiger charge is 2.24. The molecule has 0 aromatic carbocycles. The second-order valence-corrected chi connectivity index (χ2v) is 4.93. The molecule has 0 spiro atoms. The van der Waals surface area contributed by atoms with Gasteiger partial charge in [-0.15, -0.1) is 0 Å². The van der Waals surface area contributed by atoms with Gasteiger partial charge in [-0.2, -0.15) is 0 Å². The van der Waals surface area contributed by atoms with Crippen LogP contribution >= 0.6 is 0 Å². The molecule has 0 radical (unpaired) electrons. The standard InChI is InChI=1S/C12H16N2.C2H4O2/c1-10-4-3-5-12(2,8-10)9-11-13-6-7-14-11;1-2(3)4/h3-7H,8-9H2,1-2H3,(H,13,14);1H3,(H,3,4). The van der Waals surface area contributed by atoms with Crippen LogP contribution in [0.15, 0.2) is 36.2 Å². The van der Waals surface area contributed by atoms with E-state index in [2.05, 4.69) is 42.0 Å². The minimum Gasteiger partial charge on any atom is -0.481 e. The first-order valence-corrected chi connectivity index (χ1v) is 5.94. The predicted octanol–water partition coefficient (Wildman–Crippen LogP) is 2.96. The maximum atomic E-state index is 9.00. The molecule has 0 fully saturated rings. The lowest BCUT2D eigenvalue weighted by atomic mass is 9.78. The van der Waals surface area contributed by atoms with E-state index in [9.17, 15) is 0 Å². The van der Waals surface area contributed by atoms with Crippen LogP contribution in [0.4, 0.5) is 0 Å². The van der Waals surface area contributed by atoms with Gasteiger partial charge >= 0.3 is 0 Å². The Labute approximate surface area is 107 Å². The zero-order valence-corrected chi connectivity index (χ0v) is 11.1. The number of carbonyl (C=O) groups is 1. The molecule has 18 heavy (non-hydrogen) atoms. The lowest BCUT2D eigenvalue weighted by molar-refractivity contribution is -0.134. The molecule has 1 aliphatic rings. The van der Waals surface area contributed by atoms with Crippen molar-refractivity contribution in [2.24, 2.45) is 5.41 Å². The average Bonchev–Trinajstić information content (AvgIpc) is 2.67. The summed E-state index contributed by atoms with van der Waals surface area (Å²) in [4.78, 5) is 16.4. The molecular formula is C14H20N2O2. The number of nitrogens with zero attached hydrogens (tertiary/aromatic N) is 1. The molecule has 0 amide bonds. The van der Waals surface area contributed by atoms with Gasteiger partial charge in [0.05, 0.1) is 0 Å². The summed E-state index contributed by atoms with van der Waals surface area (Å²) < 4.78 is 0. The molecule has 4 heteroatoms. The van der Waals surface area contributed by atoms with Crippen molar-refractivity contribution in [2.75, 3.05) is 0 Å². The summed E-state index contributed by atoms with van der Waals surface area (Å²) in [5.41, 5.74) is 1.68. The van der Waals surface area contributed by atoms with E-state index in [1.54, 1.807) is 0 Å². The number of hydrogen-bond acceptors (Lipinski definition) is 2. The number of carboxylic acids is 1. The summed E-state index contributed by atoms with van der Waals surface area (Å²) in [6.07, 6.45) is 12.4. The third-order valence-electron chi connectivity index (χ3n) is 2.69. The first kappa shape index (κ1) is 14.2. The van der Waals surface area contributed by atoms with Crippen LogP contribution in [0.2, 0.25) is 0 Å². The third-order valence-corrected chi connectivity index (χ3v) is 2.69. The number of aromatic amines is 1. The average molecular weight is 248 g/mol. The lowest BCUT2D eigenvalue weighted by Crippen LogP contribution is -2.19. The minimum absolute atomic E-state index is 0.233. The van der Waals surface area contributed by atoms with E-state index >= 15 is 0 Å². The van der Waals surface area contributed by atoms with Crippen molar-refractivity contribution in [3.63, 3.8) is 0 Å². The highest BCUT2D eigenvalue weighted by molar-refractivity contribution is 5.62. The molecular weight excluding hydrogens is 228 g/mol. The summed E-state index contributed by atoms with van der Waals surface area (Å²) >= 11 is 0. The fraction of sp³-hybridized carbons (Fsp3) is 0.429. The summed E-state index contributed by atoms with van der Waals surface area (Å²) in [6, 6.07) is 0. The molecule has 98 valence electrons. The van der Waals surface area contributed by atoms with Crippen molar-refractivity contribution in [3.8, 4) is 0 Å². The Morgan fingerprint density at radius 1 is 1.61 bits per heavy atom. The van der Waals surface area contributed by atoms with E-state index in [0.717, 1.165) is 25.6 Å². The van der Waals surface area contributed by atoms with E-state index < -0.39 is 5.97 Å². The molecule has 1 atom stereocenters. The van der Waals surface area contributed by atoms with Gasteiger partial charge in [-0.05, 0) is 18.8 Å². The first-order chi connectivity index (χ1) is 8.41. The summed E-state index contributed by atoms with van der Waals surface area (Å²) in [7, 11) is 0. The van der Waals surface area contributed by atoms with Gasteiger partial charge in [-0.25, -0.2) is 4.98 Å². The number of hydrogen-bond donors (Lipinski definition) is 2. The number of carboxylic acid groups (broad SMARTS) is 1. The van der Waals surface area contributed by atoms with Crippen molar-refractivity contribution in [2.45, 2.75) is 33.6 Å². The Morgan fingerprint density at radius 2 is 2.28 bits per heavy atom. The van der Waals surface area contributed by atoms with E-state index in [-0.39, 0.29) is 5.41 Å². The highest BCUT2D eigenvalue weighted by Crippen LogP contribution is 2.33. The van der Waals surface area contributed by atoms with Crippen LogP contribution in [0.5, 0.6) is 0 Å². The molecule has 1 heterocycles. The van der Waals surface area contributed by atoms with Crippen LogP contribution in [0.25, 0.3) is 0 Å². The summed E-state index contributed by atoms with van der Waals surface area (Å²) in [5.74, 6) is 0.242. The Balaban J connectivity index is 0.000000357. The van der Waals surface area contributed by atoms with Crippen molar-refractivity contribution < 1.29 is 9.90 Å². The number of rotatable bonds is 2. The third kappa shape index (κ3) is 4.99. The Kier molecular flexibility index (Phi) is 4.89. The van der Waals surface area contributed by atoms with Crippen molar-refractivity contribution in [1.29, 1.82) is 0 Å². The van der Waals surface area contributed by atoms with Gasteiger partial charge in [0.25, 0.3) is 5.97 Å². The van der Waals surface area contributed by atoms with Gasteiger partial charge in [-0.1, -0.05) is 30.7 Å². The largest absolute Gasteiger partial charge is 0.481 e. The predicted molar refractivity (Wildman–Crippen MR) is 71.2 cm³/mol. The van der Waals surface area contributed by atoms with Crippen molar-refractivity contribution >= 4 is 5.97 Å². The monoisotopic (exact) mass is 248 g/mol. The molecule has 0 aliphatic heterocycles. The molecule has 4 nitrogen and oxygen atoms in total. The van der Waals surface area contributed by atoms with Crippen LogP contribution in [-0.2, 0) is 11.2 Å². The van der Waals surface area contributed by atoms with Crippen molar-refractivity contribution in [3.05, 3.63) is 42.0 Å². The van der Waals surface area contributed by atoms with Gasteiger partial charge in [0.2, 0.25) is 0 Å². The molecule has 1 aromatic rings. The molecule has 0 saturated heterocycles. The van der Waals surface area contributed by atoms with E-state index in [1.165, 1.54) is 5.57 Å². The quantitative estimate of drug-likeness (QED) is 0.845. The summed E-state index contributed by atoms with van der Waals surface area (Å²) in [6.45, 7) is 5.55. The minimum atomic E-state index is -0.833. The number of H-pyrrole nitrogens is 1. The normalized spacial score (nSPS) is 21.8. The van der Waals surface area contributed by atoms with Crippen molar-refractivity contribution in [1.82, 2.24) is 9.97 Å². The SMILES string of the molecule is CC(=O)O.CC1=CC=CC(C)(Cc2ncc[nH]2)C1. The molecule has 1 aliphatic carbocycles. The van der Waals surface area contributed by atoms with E-state index in [4.69, 9.17) is 9.90 Å². The van der Waals surface area contributed by atoms with Crippen LogP contribution in [0.1, 0.15) is 33.0 Å². The zero-order chi connectivity index (χ0) is 13.6. The molecule has 2 rings (SSSR count). The van der Waals surface area contributed by atoms with E-state index in [0.29, 0.717) is 0 Å². The van der Waals surface area contributed by atoms with Crippen LogP contribution in [0.3, 0.4) is 0 Å². The van der Waals surface area contributed by atoms with Gasteiger partial charge in [0.1, 0.15) is 5.82 Å². The maximum Gasteiger partial charge on any atom is 0.300 e. The second-order valence-electron chi connectivity index (χ2n) is 4.93. The maximum absolute atomic E-state index is 9.00. The van der Waals surface area contributed by atoms with Crippen LogP contribution in [-0.4, -0.2) is 21.0 Å². The number of imidazole rings is 1. The molecule has 1 unspecified atom stereocenters. The Bertz CT molecular complexity index is 442. The van der Waals surface area contributed by atoms with Gasteiger partial charge in [0.15, 0.2) is 0 Å². The van der Waals surface area contributed by atoms with Crippen LogP contribution in [0, 0.1) is 5.41 Å². The van der Waals surface area contributed by atoms with Gasteiger partial charge in [0, 0.05) is 25.7 Å². The van der Waals surface area contributed by atoms with Gasteiger partial charge < -0.3 is 10.1 Å². The lowest BCUT2D eigenvalue weighted by Gasteiger charge is -2.27. The topological polar surface area (TPSA) is 66.0 Å². The summed E-state index contributed by atoms with van der Waals surface area (Å²) in [5, 5.41) is 7.42. The first-order valence-electron chi connectivity index (χ1n) is 5.94. The number of allylic oxidation sites excluding steroid dienone is 4. The molecule has 1 aromatic heterocycles. The fourth-order valence-electron chi connectivity index (χ4n) is 2.10. The van der Waals surface area contributed by atoms with E-state index in [1.807, 2.05) is 12.4 Å². The number of aliphatic carboxylic acids is 1. The van der Waals surface area contributed by atoms with Crippen LogP contribution < -0.4 is 0 Å². The Hall–Kier alpha value is -1.84. The zero-order valence-electron chi connectivity index (χ0n) is 11.1. The highest BCUT2D eigenvalue weighted by atomic mass is 16.4. The number of nitrogens with one attached hydrogen (secondary N) is 1. The smallest absolute Gasteiger partial charge is 0.300 e. The molecule has 0 bridgehead atoms.